The van der Waals surface area contributed by atoms with E-state index in [1.54, 1.807) is 13.8 Å². The lowest BCUT2D eigenvalue weighted by Crippen LogP contribution is -2.21. The topological polar surface area (TPSA) is 70.8 Å². The maximum Gasteiger partial charge on any atom is 0.183 e. The van der Waals surface area contributed by atoms with Crippen LogP contribution in [0.4, 0.5) is 0 Å². The third kappa shape index (κ3) is 2.59. The Labute approximate surface area is 106 Å². The highest BCUT2D eigenvalue weighted by molar-refractivity contribution is 7.92. The summed E-state index contributed by atoms with van der Waals surface area (Å²) in [5.74, 6) is -0.00633. The standard InChI is InChI=1S/C11H13ClN2O2S/c1-7-4-11(10(6-13)9(3)14-7)17(15,16)8(2)5-12/h4,8H,5H2,1-3H3. The molecule has 0 spiro atoms. The van der Waals surface area contributed by atoms with Gasteiger partial charge in [-0.05, 0) is 26.8 Å². The summed E-state index contributed by atoms with van der Waals surface area (Å²) in [7, 11) is -3.57. The highest BCUT2D eigenvalue weighted by Crippen LogP contribution is 2.23. The SMILES string of the molecule is Cc1cc(S(=O)(=O)C(C)CCl)c(C#N)c(C)n1. The first-order valence-corrected chi connectivity index (χ1v) is 7.11. The zero-order valence-electron chi connectivity index (χ0n) is 9.86. The largest absolute Gasteiger partial charge is 0.257 e. The molecular formula is C11H13ClN2O2S. The zero-order valence-corrected chi connectivity index (χ0v) is 11.4. The van der Waals surface area contributed by atoms with Crippen molar-refractivity contribution in [1.82, 2.24) is 4.98 Å². The van der Waals surface area contributed by atoms with Crippen molar-refractivity contribution in [2.75, 3.05) is 5.88 Å². The lowest BCUT2D eigenvalue weighted by atomic mass is 10.2. The van der Waals surface area contributed by atoms with Crippen LogP contribution >= 0.6 is 11.6 Å². The number of nitrogens with zero attached hydrogens (tertiary/aromatic N) is 2. The van der Waals surface area contributed by atoms with E-state index in [2.05, 4.69) is 4.98 Å². The van der Waals surface area contributed by atoms with E-state index in [4.69, 9.17) is 16.9 Å². The number of hydrogen-bond donors (Lipinski definition) is 0. The van der Waals surface area contributed by atoms with Crippen LogP contribution in [0.1, 0.15) is 23.9 Å². The third-order valence-corrected chi connectivity index (χ3v) is 5.26. The summed E-state index contributed by atoms with van der Waals surface area (Å²) in [5, 5.41) is 8.30. The molecule has 4 nitrogen and oxygen atoms in total. The second-order valence-electron chi connectivity index (χ2n) is 3.84. The fourth-order valence-corrected chi connectivity index (χ4v) is 3.36. The predicted molar refractivity (Wildman–Crippen MR) is 65.8 cm³/mol. The summed E-state index contributed by atoms with van der Waals surface area (Å²) in [6.07, 6.45) is 0. The van der Waals surface area contributed by atoms with Gasteiger partial charge in [-0.2, -0.15) is 5.26 Å². The van der Waals surface area contributed by atoms with E-state index in [1.807, 2.05) is 6.07 Å². The van der Waals surface area contributed by atoms with Gasteiger partial charge in [-0.25, -0.2) is 8.42 Å². The van der Waals surface area contributed by atoms with Crippen LogP contribution in [0, 0.1) is 25.2 Å². The van der Waals surface area contributed by atoms with Gasteiger partial charge in [0.1, 0.15) is 6.07 Å². The summed E-state index contributed by atoms with van der Waals surface area (Å²) in [5.41, 5.74) is 1.10. The number of aromatic nitrogens is 1. The Morgan fingerprint density at radius 2 is 2.12 bits per heavy atom. The average molecular weight is 273 g/mol. The minimum absolute atomic E-state index is 0.00633. The molecule has 0 amide bonds. The third-order valence-electron chi connectivity index (χ3n) is 2.46. The highest BCUT2D eigenvalue weighted by Gasteiger charge is 2.27. The molecule has 1 atom stereocenters. The first-order chi connectivity index (χ1) is 7.84. The fourth-order valence-electron chi connectivity index (χ4n) is 1.45. The molecule has 0 saturated carbocycles. The maximum atomic E-state index is 12.2. The van der Waals surface area contributed by atoms with E-state index in [1.165, 1.54) is 13.0 Å². The Kier molecular flexibility index (Phi) is 4.12. The van der Waals surface area contributed by atoms with Gasteiger partial charge in [0.2, 0.25) is 0 Å². The number of aryl methyl sites for hydroxylation is 2. The summed E-state index contributed by atoms with van der Waals surface area (Å²) in [6, 6.07) is 3.31. The van der Waals surface area contributed by atoms with Crippen molar-refractivity contribution in [3.63, 3.8) is 0 Å². The number of rotatable bonds is 3. The van der Waals surface area contributed by atoms with E-state index in [-0.39, 0.29) is 16.3 Å². The van der Waals surface area contributed by atoms with Gasteiger partial charge >= 0.3 is 0 Å². The van der Waals surface area contributed by atoms with E-state index in [0.717, 1.165) is 0 Å². The van der Waals surface area contributed by atoms with E-state index >= 15 is 0 Å². The van der Waals surface area contributed by atoms with Crippen LogP contribution in [0.25, 0.3) is 0 Å². The first kappa shape index (κ1) is 13.9. The Morgan fingerprint density at radius 1 is 1.53 bits per heavy atom. The molecule has 1 aromatic rings. The molecule has 1 rings (SSSR count). The van der Waals surface area contributed by atoms with E-state index in [0.29, 0.717) is 11.4 Å². The molecule has 0 aromatic carbocycles. The Hall–Kier alpha value is -1.12. The molecule has 92 valence electrons. The van der Waals surface area contributed by atoms with Crippen LogP contribution in [0.2, 0.25) is 0 Å². The van der Waals surface area contributed by atoms with Crippen LogP contribution < -0.4 is 0 Å². The van der Waals surface area contributed by atoms with Crippen molar-refractivity contribution < 1.29 is 8.42 Å². The first-order valence-electron chi connectivity index (χ1n) is 5.02. The lowest BCUT2D eigenvalue weighted by Gasteiger charge is -2.12. The van der Waals surface area contributed by atoms with Crippen LogP contribution in [-0.2, 0) is 9.84 Å². The molecule has 0 aliphatic heterocycles. The number of sulfone groups is 1. The molecule has 0 fully saturated rings. The van der Waals surface area contributed by atoms with Gasteiger partial charge in [-0.15, -0.1) is 11.6 Å². The summed E-state index contributed by atoms with van der Waals surface area (Å²) in [6.45, 7) is 4.84. The van der Waals surface area contributed by atoms with Gasteiger partial charge in [0.25, 0.3) is 0 Å². The summed E-state index contributed by atoms with van der Waals surface area (Å²) >= 11 is 5.58. The fraction of sp³-hybridized carbons (Fsp3) is 0.455. The second kappa shape index (κ2) is 5.03. The van der Waals surface area contributed by atoms with E-state index in [9.17, 15) is 8.42 Å². The van der Waals surface area contributed by atoms with Crippen LogP contribution in [-0.4, -0.2) is 24.5 Å². The van der Waals surface area contributed by atoms with Gasteiger partial charge in [-0.1, -0.05) is 0 Å². The molecule has 17 heavy (non-hydrogen) atoms. The molecular weight excluding hydrogens is 260 g/mol. The smallest absolute Gasteiger partial charge is 0.183 e. The normalized spacial score (nSPS) is 13.1. The van der Waals surface area contributed by atoms with Crippen molar-refractivity contribution in [2.45, 2.75) is 30.9 Å². The molecule has 1 aromatic heterocycles. The van der Waals surface area contributed by atoms with Crippen molar-refractivity contribution in [2.24, 2.45) is 0 Å². The minimum Gasteiger partial charge on any atom is -0.257 e. The van der Waals surface area contributed by atoms with Gasteiger partial charge in [0.15, 0.2) is 9.84 Å². The van der Waals surface area contributed by atoms with Gasteiger partial charge in [-0.3, -0.25) is 4.98 Å². The van der Waals surface area contributed by atoms with Crippen molar-refractivity contribution >= 4 is 21.4 Å². The number of nitriles is 1. The minimum atomic E-state index is -3.57. The number of pyridine rings is 1. The molecule has 0 N–H and O–H groups in total. The molecule has 0 radical (unpaired) electrons. The summed E-state index contributed by atoms with van der Waals surface area (Å²) in [4.78, 5) is 4.11. The highest BCUT2D eigenvalue weighted by atomic mass is 35.5. The Morgan fingerprint density at radius 3 is 2.59 bits per heavy atom. The van der Waals surface area contributed by atoms with Crippen LogP contribution in [0.5, 0.6) is 0 Å². The van der Waals surface area contributed by atoms with Crippen LogP contribution in [0.3, 0.4) is 0 Å². The van der Waals surface area contributed by atoms with Crippen LogP contribution in [0.15, 0.2) is 11.0 Å². The molecule has 0 aliphatic rings. The quantitative estimate of drug-likeness (QED) is 0.789. The van der Waals surface area contributed by atoms with E-state index < -0.39 is 15.1 Å². The summed E-state index contributed by atoms with van der Waals surface area (Å²) < 4.78 is 24.4. The molecule has 1 heterocycles. The van der Waals surface area contributed by atoms with Gasteiger partial charge in [0, 0.05) is 11.6 Å². The van der Waals surface area contributed by atoms with Crippen molar-refractivity contribution in [1.29, 1.82) is 5.26 Å². The van der Waals surface area contributed by atoms with Gasteiger partial charge < -0.3 is 0 Å². The maximum absolute atomic E-state index is 12.2. The number of alkyl halides is 1. The molecule has 1 unspecified atom stereocenters. The average Bonchev–Trinajstić information content (AvgIpc) is 2.26. The number of halogens is 1. The molecule has 6 heteroatoms. The second-order valence-corrected chi connectivity index (χ2v) is 6.49. The molecule has 0 aliphatic carbocycles. The predicted octanol–water partition coefficient (Wildman–Crippen LogP) is 1.97. The van der Waals surface area contributed by atoms with Crippen molar-refractivity contribution in [3.8, 4) is 6.07 Å². The van der Waals surface area contributed by atoms with Gasteiger partial charge in [0.05, 0.1) is 21.4 Å². The zero-order chi connectivity index (χ0) is 13.2. The lowest BCUT2D eigenvalue weighted by molar-refractivity contribution is 0.587. The van der Waals surface area contributed by atoms with Crippen molar-refractivity contribution in [3.05, 3.63) is 23.0 Å². The molecule has 0 saturated heterocycles. The monoisotopic (exact) mass is 272 g/mol. The Bertz CT molecular complexity index is 576. The number of hydrogen-bond acceptors (Lipinski definition) is 4. The Balaban J connectivity index is 3.58. The molecule has 0 bridgehead atoms.